The Hall–Kier alpha value is -3.35. The minimum Gasteiger partial charge on any atom is -0.494 e. The first kappa shape index (κ1) is 19.0. The highest BCUT2D eigenvalue weighted by molar-refractivity contribution is 5.89. The van der Waals surface area contributed by atoms with Gasteiger partial charge in [-0.05, 0) is 56.5 Å². The quantitative estimate of drug-likeness (QED) is 0.674. The van der Waals surface area contributed by atoms with Crippen LogP contribution in [0.1, 0.15) is 37.3 Å². The molecule has 3 aromatic rings. The third-order valence-corrected chi connectivity index (χ3v) is 5.04. The van der Waals surface area contributed by atoms with Crippen molar-refractivity contribution in [3.8, 4) is 17.1 Å². The SMILES string of the molecule is CCOc1ccc(NC(=O)N2CCC[C@H]2c2nc(-c3ccccc3C)no2)cc1. The Labute approximate surface area is 169 Å². The van der Waals surface area contributed by atoms with Crippen LogP contribution in [0.5, 0.6) is 5.75 Å². The van der Waals surface area contributed by atoms with E-state index in [9.17, 15) is 4.79 Å². The van der Waals surface area contributed by atoms with Crippen LogP contribution in [-0.4, -0.2) is 34.2 Å². The van der Waals surface area contributed by atoms with Crippen molar-refractivity contribution < 1.29 is 14.1 Å². The molecule has 1 fully saturated rings. The lowest BCUT2D eigenvalue weighted by Gasteiger charge is -2.22. The molecule has 1 aliphatic heterocycles. The highest BCUT2D eigenvalue weighted by Crippen LogP contribution is 2.33. The molecule has 0 unspecified atom stereocenters. The summed E-state index contributed by atoms with van der Waals surface area (Å²) in [6, 6.07) is 14.9. The summed E-state index contributed by atoms with van der Waals surface area (Å²) in [4.78, 5) is 19.2. The average molecular weight is 392 g/mol. The fraction of sp³-hybridized carbons (Fsp3) is 0.318. The molecular formula is C22H24N4O3. The van der Waals surface area contributed by atoms with Crippen molar-refractivity contribution in [3.05, 3.63) is 60.0 Å². The average Bonchev–Trinajstić information content (AvgIpc) is 3.39. The maximum Gasteiger partial charge on any atom is 0.322 e. The number of nitrogens with zero attached hydrogens (tertiary/aromatic N) is 3. The van der Waals surface area contributed by atoms with Gasteiger partial charge in [-0.25, -0.2) is 4.79 Å². The van der Waals surface area contributed by atoms with Crippen LogP contribution in [0.25, 0.3) is 11.4 Å². The molecule has 0 spiro atoms. The normalized spacial score (nSPS) is 16.1. The van der Waals surface area contributed by atoms with Gasteiger partial charge in [-0.3, -0.25) is 0 Å². The minimum absolute atomic E-state index is 0.174. The molecule has 1 atom stereocenters. The van der Waals surface area contributed by atoms with E-state index in [1.165, 1.54) is 0 Å². The second-order valence-corrected chi connectivity index (χ2v) is 7.01. The summed E-state index contributed by atoms with van der Waals surface area (Å²) in [7, 11) is 0. The maximum absolute atomic E-state index is 12.8. The number of likely N-dealkylation sites (tertiary alicyclic amines) is 1. The van der Waals surface area contributed by atoms with E-state index in [-0.39, 0.29) is 12.1 Å². The lowest BCUT2D eigenvalue weighted by molar-refractivity contribution is 0.193. The number of urea groups is 1. The Morgan fingerprint density at radius 3 is 2.79 bits per heavy atom. The number of aryl methyl sites for hydroxylation is 1. The number of ether oxygens (including phenoxy) is 1. The van der Waals surface area contributed by atoms with Gasteiger partial charge >= 0.3 is 6.03 Å². The molecule has 7 heteroatoms. The number of hydrogen-bond acceptors (Lipinski definition) is 5. The third-order valence-electron chi connectivity index (χ3n) is 5.04. The van der Waals surface area contributed by atoms with Crippen LogP contribution in [0, 0.1) is 6.92 Å². The smallest absolute Gasteiger partial charge is 0.322 e. The molecule has 1 saturated heterocycles. The van der Waals surface area contributed by atoms with Gasteiger partial charge < -0.3 is 19.5 Å². The Morgan fingerprint density at radius 1 is 1.24 bits per heavy atom. The highest BCUT2D eigenvalue weighted by Gasteiger charge is 2.34. The second kappa shape index (κ2) is 8.34. The Balaban J connectivity index is 1.47. The number of amides is 2. The fourth-order valence-corrected chi connectivity index (χ4v) is 3.57. The van der Waals surface area contributed by atoms with E-state index in [1.807, 2.05) is 62.4 Å². The number of anilines is 1. The van der Waals surface area contributed by atoms with Gasteiger partial charge in [0.2, 0.25) is 11.7 Å². The zero-order valence-corrected chi connectivity index (χ0v) is 16.6. The number of rotatable bonds is 5. The zero-order chi connectivity index (χ0) is 20.2. The van der Waals surface area contributed by atoms with Gasteiger partial charge in [0.15, 0.2) is 0 Å². The van der Waals surface area contributed by atoms with Crippen LogP contribution in [0.3, 0.4) is 0 Å². The number of carbonyl (C=O) groups is 1. The zero-order valence-electron chi connectivity index (χ0n) is 16.6. The largest absolute Gasteiger partial charge is 0.494 e. The maximum atomic E-state index is 12.8. The summed E-state index contributed by atoms with van der Waals surface area (Å²) in [5.74, 6) is 1.80. The lowest BCUT2D eigenvalue weighted by Crippen LogP contribution is -2.34. The Kier molecular flexibility index (Phi) is 5.46. The molecule has 29 heavy (non-hydrogen) atoms. The predicted molar refractivity (Wildman–Crippen MR) is 110 cm³/mol. The van der Waals surface area contributed by atoms with Gasteiger partial charge in [-0.1, -0.05) is 29.4 Å². The van der Waals surface area contributed by atoms with Gasteiger partial charge in [-0.2, -0.15) is 4.98 Å². The number of benzene rings is 2. The molecule has 2 amide bonds. The first-order valence-electron chi connectivity index (χ1n) is 9.86. The van der Waals surface area contributed by atoms with Gasteiger partial charge in [0.05, 0.1) is 6.61 Å². The van der Waals surface area contributed by atoms with E-state index in [1.54, 1.807) is 4.90 Å². The van der Waals surface area contributed by atoms with E-state index in [4.69, 9.17) is 9.26 Å². The summed E-state index contributed by atoms with van der Waals surface area (Å²) < 4.78 is 11.0. The molecule has 1 aromatic heterocycles. The van der Waals surface area contributed by atoms with Crippen LogP contribution >= 0.6 is 0 Å². The molecule has 2 heterocycles. The summed E-state index contributed by atoms with van der Waals surface area (Å²) in [5, 5.41) is 7.08. The number of hydrogen-bond donors (Lipinski definition) is 1. The van der Waals surface area contributed by atoms with Crippen molar-refractivity contribution in [2.45, 2.75) is 32.7 Å². The first-order chi connectivity index (χ1) is 14.2. The molecule has 0 bridgehead atoms. The molecule has 2 aromatic carbocycles. The van der Waals surface area contributed by atoms with Crippen LogP contribution < -0.4 is 10.1 Å². The van der Waals surface area contributed by atoms with Crippen LogP contribution in [0.2, 0.25) is 0 Å². The summed E-state index contributed by atoms with van der Waals surface area (Å²) >= 11 is 0. The van der Waals surface area contributed by atoms with Crippen LogP contribution in [-0.2, 0) is 0 Å². The van der Waals surface area contributed by atoms with Gasteiger partial charge in [0.25, 0.3) is 0 Å². The van der Waals surface area contributed by atoms with Gasteiger partial charge in [-0.15, -0.1) is 0 Å². The fourth-order valence-electron chi connectivity index (χ4n) is 3.57. The Morgan fingerprint density at radius 2 is 2.03 bits per heavy atom. The summed E-state index contributed by atoms with van der Waals surface area (Å²) in [6.07, 6.45) is 1.69. The first-order valence-corrected chi connectivity index (χ1v) is 9.86. The van der Waals surface area contributed by atoms with Crippen molar-refractivity contribution in [2.24, 2.45) is 0 Å². The minimum atomic E-state index is -0.219. The molecule has 7 nitrogen and oxygen atoms in total. The van der Waals surface area contributed by atoms with Crippen molar-refractivity contribution in [1.29, 1.82) is 0 Å². The molecular weight excluding hydrogens is 368 g/mol. The van der Waals surface area contributed by atoms with Crippen LogP contribution in [0.15, 0.2) is 53.1 Å². The van der Waals surface area contributed by atoms with Crippen molar-refractivity contribution in [2.75, 3.05) is 18.5 Å². The number of nitrogens with one attached hydrogen (secondary N) is 1. The van der Waals surface area contributed by atoms with E-state index in [0.29, 0.717) is 24.9 Å². The predicted octanol–water partition coefficient (Wildman–Crippen LogP) is 4.81. The third kappa shape index (κ3) is 4.08. The van der Waals surface area contributed by atoms with E-state index >= 15 is 0 Å². The highest BCUT2D eigenvalue weighted by atomic mass is 16.5. The summed E-state index contributed by atoms with van der Waals surface area (Å²) in [5.41, 5.74) is 2.73. The monoisotopic (exact) mass is 392 g/mol. The molecule has 1 aliphatic rings. The lowest BCUT2D eigenvalue weighted by atomic mass is 10.1. The van der Waals surface area contributed by atoms with Crippen molar-refractivity contribution in [3.63, 3.8) is 0 Å². The van der Waals surface area contributed by atoms with Crippen molar-refractivity contribution in [1.82, 2.24) is 15.0 Å². The summed E-state index contributed by atoms with van der Waals surface area (Å²) in [6.45, 7) is 5.20. The Bertz CT molecular complexity index is 984. The molecule has 0 saturated carbocycles. The topological polar surface area (TPSA) is 80.5 Å². The number of aromatic nitrogens is 2. The molecule has 0 aliphatic carbocycles. The van der Waals surface area contributed by atoms with Gasteiger partial charge in [0, 0.05) is 17.8 Å². The standard InChI is InChI=1S/C22H24N4O3/c1-3-28-17-12-10-16(11-13-17)23-22(27)26-14-6-9-19(26)21-24-20(25-29-21)18-8-5-4-7-15(18)2/h4-5,7-8,10-13,19H,3,6,9,14H2,1-2H3,(H,23,27)/t19-/m0/s1. The van der Waals surface area contributed by atoms with Gasteiger partial charge in [0.1, 0.15) is 11.8 Å². The van der Waals surface area contributed by atoms with E-state index in [2.05, 4.69) is 15.5 Å². The van der Waals surface area contributed by atoms with Crippen molar-refractivity contribution >= 4 is 11.7 Å². The van der Waals surface area contributed by atoms with E-state index < -0.39 is 0 Å². The molecule has 0 radical (unpaired) electrons. The molecule has 4 rings (SSSR count). The van der Waals surface area contributed by atoms with E-state index in [0.717, 1.165) is 35.4 Å². The second-order valence-electron chi connectivity index (χ2n) is 7.01. The molecule has 150 valence electrons. The number of carbonyl (C=O) groups excluding carboxylic acids is 1. The van der Waals surface area contributed by atoms with Crippen LogP contribution in [0.4, 0.5) is 10.5 Å². The molecule has 1 N–H and O–H groups in total.